The number of ether oxygens (including phenoxy) is 2. The normalized spacial score (nSPS) is 54.9. The molecule has 30 heavy (non-hydrogen) atoms. The van der Waals surface area contributed by atoms with Crippen LogP contribution < -0.4 is 0 Å². The van der Waals surface area contributed by atoms with E-state index in [1.807, 2.05) is 0 Å². The van der Waals surface area contributed by atoms with Crippen LogP contribution in [0.4, 0.5) is 0 Å². The monoisotopic (exact) mass is 544 g/mol. The second kappa shape index (κ2) is 7.45. The Labute approximate surface area is 199 Å². The lowest BCUT2D eigenvalue weighted by molar-refractivity contribution is -0.325. The summed E-state index contributed by atoms with van der Waals surface area (Å²) in [5.74, 6) is 3.29. The third-order valence-electron chi connectivity index (χ3n) is 10.9. The molecule has 2 heterocycles. The molecule has 170 valence electrons. The van der Waals surface area contributed by atoms with Gasteiger partial charge in [0.05, 0.1) is 23.6 Å². The lowest BCUT2D eigenvalue weighted by Gasteiger charge is -2.74. The predicted octanol–water partition coefficient (Wildman–Crippen LogP) is 6.50. The summed E-state index contributed by atoms with van der Waals surface area (Å²) in [7, 11) is 1.50. The molecule has 0 aromatic carbocycles. The second-order valence-corrected chi connectivity index (χ2v) is 13.6. The molecule has 0 N–H and O–H groups in total. The number of hydrogen-bond acceptors (Lipinski definition) is 3. The largest absolute Gasteiger partial charge is 0.469 e. The van der Waals surface area contributed by atoms with Gasteiger partial charge in [-0.1, -0.05) is 52.6 Å². The van der Waals surface area contributed by atoms with Crippen molar-refractivity contribution in [1.82, 2.24) is 0 Å². The summed E-state index contributed by atoms with van der Waals surface area (Å²) in [6.45, 7) is 7.49. The first-order chi connectivity index (χ1) is 14.2. The van der Waals surface area contributed by atoms with Crippen LogP contribution in [-0.2, 0) is 14.3 Å². The molecule has 0 radical (unpaired) electrons. The van der Waals surface area contributed by atoms with Crippen molar-refractivity contribution >= 4 is 37.8 Å². The molecule has 6 rings (SSSR count). The molecule has 3 nitrogen and oxygen atoms in total. The zero-order valence-corrected chi connectivity index (χ0v) is 22.1. The van der Waals surface area contributed by atoms with Gasteiger partial charge in [-0.2, -0.15) is 0 Å². The first kappa shape index (κ1) is 22.2. The van der Waals surface area contributed by atoms with Crippen molar-refractivity contribution in [3.05, 3.63) is 0 Å². The van der Waals surface area contributed by atoms with Crippen LogP contribution in [0.15, 0.2) is 0 Å². The van der Waals surface area contributed by atoms with Gasteiger partial charge < -0.3 is 9.47 Å². The number of hydrogen-bond donors (Lipinski definition) is 0. The van der Waals surface area contributed by atoms with E-state index in [1.165, 1.54) is 52.1 Å². The van der Waals surface area contributed by atoms with Gasteiger partial charge in [0.1, 0.15) is 0 Å². The molecular weight excluding hydrogens is 508 g/mol. The number of carbonyl (C=O) groups excluding carboxylic acids is 1. The minimum atomic E-state index is -0.0733. The Bertz CT molecular complexity index is 715. The van der Waals surface area contributed by atoms with Gasteiger partial charge in [-0.25, -0.2) is 0 Å². The van der Waals surface area contributed by atoms with Gasteiger partial charge in [0, 0.05) is 16.7 Å². The van der Waals surface area contributed by atoms with Crippen LogP contribution in [0.2, 0.25) is 0 Å². The third kappa shape index (κ3) is 2.67. The molecule has 11 atom stereocenters. The Morgan fingerprint density at radius 2 is 1.83 bits per heavy atom. The fraction of sp³-hybridized carbons (Fsp3) is 0.960. The van der Waals surface area contributed by atoms with Crippen molar-refractivity contribution in [2.45, 2.75) is 99.9 Å². The van der Waals surface area contributed by atoms with Crippen LogP contribution >= 0.6 is 31.9 Å². The molecule has 1 spiro atoms. The summed E-state index contributed by atoms with van der Waals surface area (Å²) < 4.78 is 12.1. The lowest BCUT2D eigenvalue weighted by atomic mass is 9.40. The minimum Gasteiger partial charge on any atom is -0.469 e. The molecule has 4 aliphatic carbocycles. The smallest absolute Gasteiger partial charge is 0.305 e. The SMILES string of the molecule is COC(=O)CC[C@@H](C)C1CC[C@H]2[C@H]3CC[C@H]4C[C@@H]5CC[C@]4(C)C3(O5)[C@@H](Br)[C@@H](Br)[C@@]12C. The molecule has 4 saturated carbocycles. The van der Waals surface area contributed by atoms with Gasteiger partial charge in [0.15, 0.2) is 0 Å². The predicted molar refractivity (Wildman–Crippen MR) is 126 cm³/mol. The number of halogens is 2. The number of rotatable bonds is 4. The van der Waals surface area contributed by atoms with Gasteiger partial charge in [-0.3, -0.25) is 4.79 Å². The molecule has 2 unspecified atom stereocenters. The molecule has 0 aromatic rings. The van der Waals surface area contributed by atoms with Crippen LogP contribution in [0.3, 0.4) is 0 Å². The van der Waals surface area contributed by atoms with E-state index in [-0.39, 0.29) is 17.0 Å². The van der Waals surface area contributed by atoms with Crippen molar-refractivity contribution in [2.75, 3.05) is 7.11 Å². The van der Waals surface area contributed by atoms with E-state index in [0.717, 1.165) is 12.3 Å². The second-order valence-electron chi connectivity index (χ2n) is 11.7. The molecular formula is C25H38Br2O3. The number of fused-ring (bicyclic) bond motifs is 3. The van der Waals surface area contributed by atoms with Crippen LogP contribution in [-0.4, -0.2) is 34.4 Å². The van der Waals surface area contributed by atoms with E-state index in [2.05, 4.69) is 52.6 Å². The van der Waals surface area contributed by atoms with Crippen LogP contribution in [0.1, 0.15) is 78.6 Å². The number of methoxy groups -OCH3 is 1. The third-order valence-corrected chi connectivity index (χ3v) is 14.4. The highest BCUT2D eigenvalue weighted by atomic mass is 79.9. The quantitative estimate of drug-likeness (QED) is 0.298. The highest BCUT2D eigenvalue weighted by molar-refractivity contribution is 9.12. The standard InChI is InChI=1S/C25H38Br2O3/c1-14(5-10-20(28)29-4)17-8-9-18-19-7-6-15-13-16-11-12-23(15,2)25(19,30-16)22(27)21(26)24(17,18)3/h14-19,21-22H,5-13H2,1-4H3/t14-,15+,16+,17?,18+,19-,21-,22+,23+,24+,25?/m1/s1. The van der Waals surface area contributed by atoms with E-state index in [4.69, 9.17) is 9.47 Å². The van der Waals surface area contributed by atoms with E-state index in [9.17, 15) is 4.79 Å². The number of carbonyl (C=O) groups is 1. The summed E-state index contributed by atoms with van der Waals surface area (Å²) in [6.07, 6.45) is 11.1. The molecule has 2 saturated heterocycles. The highest BCUT2D eigenvalue weighted by Crippen LogP contribution is 2.75. The zero-order chi connectivity index (χ0) is 21.5. The highest BCUT2D eigenvalue weighted by Gasteiger charge is 2.76. The summed E-state index contributed by atoms with van der Waals surface area (Å²) in [4.78, 5) is 12.5. The summed E-state index contributed by atoms with van der Waals surface area (Å²) in [6, 6.07) is 0. The summed E-state index contributed by atoms with van der Waals surface area (Å²) >= 11 is 8.57. The number of esters is 1. The van der Waals surface area contributed by atoms with Gasteiger partial charge >= 0.3 is 5.97 Å². The Hall–Kier alpha value is 0.390. The minimum absolute atomic E-state index is 0.0143. The maximum absolute atomic E-state index is 11.8. The maximum atomic E-state index is 11.8. The Balaban J connectivity index is 1.48. The van der Waals surface area contributed by atoms with Gasteiger partial charge in [0.25, 0.3) is 0 Å². The van der Waals surface area contributed by atoms with Gasteiger partial charge in [0.2, 0.25) is 0 Å². The molecule has 0 amide bonds. The van der Waals surface area contributed by atoms with E-state index >= 15 is 0 Å². The van der Waals surface area contributed by atoms with Crippen molar-refractivity contribution in [2.24, 2.45) is 40.4 Å². The molecule has 6 fully saturated rings. The molecule has 5 heteroatoms. The average molecular weight is 546 g/mol. The summed E-state index contributed by atoms with van der Waals surface area (Å²) in [5, 5.41) is 0. The van der Waals surface area contributed by atoms with Crippen molar-refractivity contribution in [3.8, 4) is 0 Å². The van der Waals surface area contributed by atoms with Gasteiger partial charge in [-0.15, -0.1) is 0 Å². The van der Waals surface area contributed by atoms with Crippen LogP contribution in [0, 0.1) is 40.4 Å². The average Bonchev–Trinajstić information content (AvgIpc) is 3.08. The van der Waals surface area contributed by atoms with E-state index < -0.39 is 0 Å². The molecule has 2 aliphatic heterocycles. The lowest BCUT2D eigenvalue weighted by Crippen LogP contribution is -2.77. The fourth-order valence-corrected chi connectivity index (χ4v) is 12.0. The molecule has 4 bridgehead atoms. The zero-order valence-electron chi connectivity index (χ0n) is 19.0. The fourth-order valence-electron chi connectivity index (χ4n) is 9.40. The van der Waals surface area contributed by atoms with Crippen LogP contribution in [0.25, 0.3) is 0 Å². The molecule has 0 aromatic heterocycles. The van der Waals surface area contributed by atoms with Crippen molar-refractivity contribution in [3.63, 3.8) is 0 Å². The van der Waals surface area contributed by atoms with Crippen LogP contribution in [0.5, 0.6) is 0 Å². The van der Waals surface area contributed by atoms with Crippen molar-refractivity contribution in [1.29, 1.82) is 0 Å². The van der Waals surface area contributed by atoms with E-state index in [0.29, 0.717) is 51.3 Å². The maximum Gasteiger partial charge on any atom is 0.305 e. The molecule has 6 aliphatic rings. The van der Waals surface area contributed by atoms with Gasteiger partial charge in [-0.05, 0) is 86.4 Å². The first-order valence-electron chi connectivity index (χ1n) is 12.2. The first-order valence-corrected chi connectivity index (χ1v) is 14.1. The summed E-state index contributed by atoms with van der Waals surface area (Å²) in [5.41, 5.74) is 0.531. The Morgan fingerprint density at radius 3 is 2.57 bits per heavy atom. The number of alkyl halides is 2. The Morgan fingerprint density at radius 1 is 1.10 bits per heavy atom. The van der Waals surface area contributed by atoms with Crippen molar-refractivity contribution < 1.29 is 14.3 Å². The van der Waals surface area contributed by atoms with E-state index in [1.54, 1.807) is 0 Å². The topological polar surface area (TPSA) is 35.5 Å². The Kier molecular flexibility index (Phi) is 5.51.